The Morgan fingerprint density at radius 3 is 2.83 bits per heavy atom. The predicted octanol–water partition coefficient (Wildman–Crippen LogP) is -2.32. The molecule has 9 heteroatoms. The molecule has 1 aromatic rings. The topological polar surface area (TPSA) is 127 Å². The largest absolute Gasteiger partial charge is 0.463 e. The first-order chi connectivity index (χ1) is 8.58. The molecular weight excluding hydrogens is 246 g/mol. The van der Waals surface area contributed by atoms with Crippen LogP contribution in [0.2, 0.25) is 0 Å². The van der Waals surface area contributed by atoms with Gasteiger partial charge in [0.05, 0.1) is 13.7 Å². The van der Waals surface area contributed by atoms with Gasteiger partial charge in [-0.1, -0.05) is 0 Å². The minimum absolute atomic E-state index is 0.185. The van der Waals surface area contributed by atoms with Gasteiger partial charge in [0, 0.05) is 0 Å². The Labute approximate surface area is 102 Å². The maximum absolute atomic E-state index is 11.2. The maximum atomic E-state index is 11.2. The van der Waals surface area contributed by atoms with E-state index in [9.17, 15) is 15.0 Å². The number of aromatic nitrogens is 3. The van der Waals surface area contributed by atoms with Crippen molar-refractivity contribution in [3.8, 4) is 0 Å². The molecule has 1 saturated heterocycles. The zero-order valence-electron chi connectivity index (χ0n) is 9.50. The summed E-state index contributed by atoms with van der Waals surface area (Å²) in [5.41, 5.74) is 0. The second-order valence-electron chi connectivity index (χ2n) is 3.77. The molecule has 1 aromatic heterocycles. The fourth-order valence-electron chi connectivity index (χ4n) is 1.68. The lowest BCUT2D eigenvalue weighted by atomic mass is 10.1. The third kappa shape index (κ3) is 2.08. The maximum Gasteiger partial charge on any atom is 0.377 e. The number of esters is 1. The van der Waals surface area contributed by atoms with Gasteiger partial charge in [-0.2, -0.15) is 0 Å². The van der Waals surface area contributed by atoms with Crippen molar-refractivity contribution in [2.45, 2.75) is 24.5 Å². The molecule has 0 aromatic carbocycles. The SMILES string of the molecule is COC(=O)c1ncn([C@H]2O[C@H](CO)[C@@H](O)[C@@H]2O)n1. The summed E-state index contributed by atoms with van der Waals surface area (Å²) in [4.78, 5) is 14.8. The molecule has 0 radical (unpaired) electrons. The van der Waals surface area contributed by atoms with E-state index in [-0.39, 0.29) is 5.82 Å². The fraction of sp³-hybridized carbons (Fsp3) is 0.667. The van der Waals surface area contributed by atoms with Crippen LogP contribution in [0.3, 0.4) is 0 Å². The lowest BCUT2D eigenvalue weighted by molar-refractivity contribution is -0.0589. The van der Waals surface area contributed by atoms with Crippen molar-refractivity contribution in [2.75, 3.05) is 13.7 Å². The Hall–Kier alpha value is -1.55. The summed E-state index contributed by atoms with van der Waals surface area (Å²) < 4.78 is 10.7. The van der Waals surface area contributed by atoms with Crippen LogP contribution in [0.15, 0.2) is 6.33 Å². The molecule has 0 saturated carbocycles. The standard InChI is InChI=1S/C9H13N3O6/c1-17-9(16)7-10-3-12(11-7)8-6(15)5(14)4(2-13)18-8/h3-6,8,13-15H,2H2,1H3/t4-,5-,6+,8+/m1/s1. The highest BCUT2D eigenvalue weighted by atomic mass is 16.6. The number of hydrogen-bond acceptors (Lipinski definition) is 8. The molecule has 18 heavy (non-hydrogen) atoms. The fourth-order valence-corrected chi connectivity index (χ4v) is 1.68. The quantitative estimate of drug-likeness (QED) is 0.516. The smallest absolute Gasteiger partial charge is 0.377 e. The van der Waals surface area contributed by atoms with Crippen molar-refractivity contribution in [3.05, 3.63) is 12.2 Å². The summed E-state index contributed by atoms with van der Waals surface area (Å²) >= 11 is 0. The number of carbonyl (C=O) groups excluding carboxylic acids is 1. The highest BCUT2D eigenvalue weighted by Gasteiger charge is 2.44. The number of rotatable bonds is 3. The number of nitrogens with zero attached hydrogens (tertiary/aromatic N) is 3. The predicted molar refractivity (Wildman–Crippen MR) is 54.4 cm³/mol. The van der Waals surface area contributed by atoms with Crippen molar-refractivity contribution < 1.29 is 29.6 Å². The van der Waals surface area contributed by atoms with Crippen molar-refractivity contribution >= 4 is 5.97 Å². The average Bonchev–Trinajstić information content (AvgIpc) is 2.96. The Kier molecular flexibility index (Phi) is 3.57. The Morgan fingerprint density at radius 1 is 1.56 bits per heavy atom. The number of hydrogen-bond donors (Lipinski definition) is 3. The summed E-state index contributed by atoms with van der Waals surface area (Å²) in [7, 11) is 1.19. The van der Waals surface area contributed by atoms with Crippen LogP contribution in [0.5, 0.6) is 0 Å². The normalized spacial score (nSPS) is 31.6. The molecule has 9 nitrogen and oxygen atoms in total. The number of carbonyl (C=O) groups is 1. The van der Waals surface area contributed by atoms with Crippen LogP contribution in [0.25, 0.3) is 0 Å². The van der Waals surface area contributed by atoms with Gasteiger partial charge < -0.3 is 24.8 Å². The molecule has 2 heterocycles. The molecule has 0 spiro atoms. The lowest BCUT2D eigenvalue weighted by Gasteiger charge is -2.13. The summed E-state index contributed by atoms with van der Waals surface area (Å²) in [6.45, 7) is -0.437. The second-order valence-corrected chi connectivity index (χ2v) is 3.77. The number of aliphatic hydroxyl groups excluding tert-OH is 3. The van der Waals surface area contributed by atoms with Crippen LogP contribution in [-0.2, 0) is 9.47 Å². The van der Waals surface area contributed by atoms with Crippen molar-refractivity contribution in [2.24, 2.45) is 0 Å². The van der Waals surface area contributed by atoms with Gasteiger partial charge in [-0.05, 0) is 0 Å². The van der Waals surface area contributed by atoms with Crippen LogP contribution in [0.1, 0.15) is 16.8 Å². The Morgan fingerprint density at radius 2 is 2.28 bits per heavy atom. The molecule has 1 fully saturated rings. The summed E-state index contributed by atoms with van der Waals surface area (Å²) in [6.07, 6.45) is -3.24. The third-order valence-electron chi connectivity index (χ3n) is 2.65. The van der Waals surface area contributed by atoms with Crippen molar-refractivity contribution in [3.63, 3.8) is 0 Å². The zero-order valence-corrected chi connectivity index (χ0v) is 9.50. The van der Waals surface area contributed by atoms with E-state index in [1.54, 1.807) is 0 Å². The number of aliphatic hydroxyl groups is 3. The van der Waals surface area contributed by atoms with E-state index in [0.717, 1.165) is 4.68 Å². The molecule has 0 unspecified atom stereocenters. The molecule has 0 aliphatic carbocycles. The van der Waals surface area contributed by atoms with E-state index in [4.69, 9.17) is 9.84 Å². The van der Waals surface area contributed by atoms with Crippen LogP contribution < -0.4 is 0 Å². The highest BCUT2D eigenvalue weighted by molar-refractivity contribution is 5.84. The summed E-state index contributed by atoms with van der Waals surface area (Å²) in [5.74, 6) is -0.907. The van der Waals surface area contributed by atoms with E-state index in [1.165, 1.54) is 13.4 Å². The van der Waals surface area contributed by atoms with Gasteiger partial charge in [-0.25, -0.2) is 14.5 Å². The van der Waals surface area contributed by atoms with E-state index >= 15 is 0 Å². The molecule has 3 N–H and O–H groups in total. The Bertz CT molecular complexity index is 436. The van der Waals surface area contributed by atoms with Gasteiger partial charge in [0.2, 0.25) is 0 Å². The van der Waals surface area contributed by atoms with Crippen LogP contribution in [-0.4, -0.2) is 68.1 Å². The molecule has 4 atom stereocenters. The average molecular weight is 259 g/mol. The molecule has 0 amide bonds. The van der Waals surface area contributed by atoms with Crippen molar-refractivity contribution in [1.29, 1.82) is 0 Å². The zero-order chi connectivity index (χ0) is 13.3. The molecular formula is C9H13N3O6. The minimum Gasteiger partial charge on any atom is -0.463 e. The Balaban J connectivity index is 2.17. The van der Waals surface area contributed by atoms with E-state index in [0.29, 0.717) is 0 Å². The summed E-state index contributed by atoms with van der Waals surface area (Å²) in [6, 6.07) is 0. The molecule has 2 rings (SSSR count). The summed E-state index contributed by atoms with van der Waals surface area (Å²) in [5, 5.41) is 32.0. The molecule has 1 aliphatic heterocycles. The van der Waals surface area contributed by atoms with Gasteiger partial charge in [-0.15, -0.1) is 5.10 Å². The molecule has 1 aliphatic rings. The van der Waals surface area contributed by atoms with Gasteiger partial charge in [-0.3, -0.25) is 0 Å². The monoisotopic (exact) mass is 259 g/mol. The highest BCUT2D eigenvalue weighted by Crippen LogP contribution is 2.28. The first-order valence-electron chi connectivity index (χ1n) is 5.20. The van der Waals surface area contributed by atoms with Gasteiger partial charge in [0.25, 0.3) is 5.82 Å². The molecule has 100 valence electrons. The van der Waals surface area contributed by atoms with Gasteiger partial charge in [0.1, 0.15) is 24.6 Å². The van der Waals surface area contributed by atoms with E-state index < -0.39 is 37.1 Å². The van der Waals surface area contributed by atoms with Gasteiger partial charge in [0.15, 0.2) is 6.23 Å². The first kappa shape index (κ1) is 12.9. The van der Waals surface area contributed by atoms with Crippen molar-refractivity contribution in [1.82, 2.24) is 14.8 Å². The van der Waals surface area contributed by atoms with E-state index in [2.05, 4.69) is 14.8 Å². The van der Waals surface area contributed by atoms with Crippen LogP contribution in [0.4, 0.5) is 0 Å². The second kappa shape index (κ2) is 4.98. The van der Waals surface area contributed by atoms with Crippen LogP contribution >= 0.6 is 0 Å². The van der Waals surface area contributed by atoms with Gasteiger partial charge >= 0.3 is 5.97 Å². The minimum atomic E-state index is -1.27. The lowest BCUT2D eigenvalue weighted by Crippen LogP contribution is -2.33. The third-order valence-corrected chi connectivity index (χ3v) is 2.65. The number of methoxy groups -OCH3 is 1. The molecule has 0 bridgehead atoms. The first-order valence-corrected chi connectivity index (χ1v) is 5.20. The van der Waals surface area contributed by atoms with Crippen LogP contribution in [0, 0.1) is 0 Å². The number of ether oxygens (including phenoxy) is 2. The van der Waals surface area contributed by atoms with E-state index in [1.807, 2.05) is 0 Å².